The molecule has 1 aromatic rings. The lowest BCUT2D eigenvalue weighted by Gasteiger charge is -2.14. The van der Waals surface area contributed by atoms with Crippen molar-refractivity contribution >= 4 is 5.91 Å². The first-order valence-corrected chi connectivity index (χ1v) is 7.45. The molecule has 0 saturated carbocycles. The summed E-state index contributed by atoms with van der Waals surface area (Å²) >= 11 is 0. The van der Waals surface area contributed by atoms with Crippen LogP contribution in [0.1, 0.15) is 32.3 Å². The van der Waals surface area contributed by atoms with Crippen molar-refractivity contribution in [1.82, 2.24) is 5.32 Å². The minimum Gasteiger partial charge on any atom is -0.490 e. The Balaban J connectivity index is 2.71. The first-order chi connectivity index (χ1) is 10.1. The van der Waals surface area contributed by atoms with Crippen molar-refractivity contribution < 1.29 is 14.3 Å². The summed E-state index contributed by atoms with van der Waals surface area (Å²) in [5.74, 6) is 1.32. The molecule has 1 unspecified atom stereocenters. The molecule has 0 aliphatic rings. The zero-order valence-electron chi connectivity index (χ0n) is 13.1. The third-order valence-corrected chi connectivity index (χ3v) is 3.20. The molecular weight excluding hydrogens is 268 g/mol. The van der Waals surface area contributed by atoms with Gasteiger partial charge < -0.3 is 20.5 Å². The maximum Gasteiger partial charge on any atom is 0.223 e. The van der Waals surface area contributed by atoms with E-state index in [1.54, 1.807) is 7.05 Å². The molecule has 0 bridgehead atoms. The highest BCUT2D eigenvalue weighted by molar-refractivity contribution is 5.75. The summed E-state index contributed by atoms with van der Waals surface area (Å²) in [7, 11) is 1.61. The van der Waals surface area contributed by atoms with E-state index in [1.165, 1.54) is 0 Å². The van der Waals surface area contributed by atoms with Gasteiger partial charge in [-0.2, -0.15) is 0 Å². The van der Waals surface area contributed by atoms with E-state index in [0.717, 1.165) is 18.4 Å². The van der Waals surface area contributed by atoms with E-state index in [1.807, 2.05) is 25.1 Å². The Bertz CT molecular complexity index is 449. The lowest BCUT2D eigenvalue weighted by atomic mass is 10.0. The van der Waals surface area contributed by atoms with Crippen molar-refractivity contribution in [1.29, 1.82) is 0 Å². The number of benzene rings is 1. The van der Waals surface area contributed by atoms with Gasteiger partial charge in [0.2, 0.25) is 5.91 Å². The van der Waals surface area contributed by atoms with Crippen molar-refractivity contribution in [3.63, 3.8) is 0 Å². The van der Waals surface area contributed by atoms with Gasteiger partial charge in [0.25, 0.3) is 0 Å². The molecule has 1 atom stereocenters. The van der Waals surface area contributed by atoms with Gasteiger partial charge in [0.15, 0.2) is 11.5 Å². The normalized spacial score (nSPS) is 11.8. The molecule has 0 aliphatic carbocycles. The number of carbonyl (C=O) groups excluding carboxylic acids is 1. The fraction of sp³-hybridized carbons (Fsp3) is 0.562. The number of nitrogens with two attached hydrogens (primary N) is 1. The molecule has 0 fully saturated rings. The highest BCUT2D eigenvalue weighted by Crippen LogP contribution is 2.29. The molecule has 1 rings (SSSR count). The molecule has 0 aromatic heterocycles. The highest BCUT2D eigenvalue weighted by atomic mass is 16.5. The Morgan fingerprint density at radius 3 is 2.67 bits per heavy atom. The van der Waals surface area contributed by atoms with E-state index in [-0.39, 0.29) is 11.9 Å². The van der Waals surface area contributed by atoms with Gasteiger partial charge in [-0.25, -0.2) is 0 Å². The van der Waals surface area contributed by atoms with Crippen LogP contribution in [0.25, 0.3) is 0 Å². The average molecular weight is 294 g/mol. The zero-order chi connectivity index (χ0) is 15.7. The van der Waals surface area contributed by atoms with Crippen LogP contribution in [0.15, 0.2) is 18.2 Å². The van der Waals surface area contributed by atoms with Gasteiger partial charge in [0, 0.05) is 13.1 Å². The van der Waals surface area contributed by atoms with E-state index in [0.29, 0.717) is 31.1 Å². The Kier molecular flexibility index (Phi) is 7.61. The SMILES string of the molecule is CCOc1cc(CC(N)CC)ccc1OCCC(=O)NC. The summed E-state index contributed by atoms with van der Waals surface area (Å²) in [6.45, 7) is 4.89. The van der Waals surface area contributed by atoms with Crippen LogP contribution in [0.4, 0.5) is 0 Å². The first kappa shape index (κ1) is 17.3. The minimum absolute atomic E-state index is 0.0431. The van der Waals surface area contributed by atoms with Gasteiger partial charge in [-0.05, 0) is 37.5 Å². The molecule has 0 radical (unpaired) electrons. The standard InChI is InChI=1S/C16H26N2O3/c1-4-13(17)10-12-6-7-14(15(11-12)20-5-2)21-9-8-16(19)18-3/h6-7,11,13H,4-5,8-10,17H2,1-3H3,(H,18,19). The van der Waals surface area contributed by atoms with Crippen LogP contribution in [0.3, 0.4) is 0 Å². The maximum atomic E-state index is 11.2. The summed E-state index contributed by atoms with van der Waals surface area (Å²) in [5.41, 5.74) is 7.11. The van der Waals surface area contributed by atoms with Crippen molar-refractivity contribution in [3.05, 3.63) is 23.8 Å². The molecule has 0 spiro atoms. The van der Waals surface area contributed by atoms with Gasteiger partial charge >= 0.3 is 0 Å². The average Bonchev–Trinajstić information content (AvgIpc) is 2.49. The molecule has 0 aliphatic heterocycles. The summed E-state index contributed by atoms with van der Waals surface area (Å²) < 4.78 is 11.2. The van der Waals surface area contributed by atoms with E-state index in [9.17, 15) is 4.79 Å². The molecule has 3 N–H and O–H groups in total. The van der Waals surface area contributed by atoms with E-state index < -0.39 is 0 Å². The number of ether oxygens (including phenoxy) is 2. The molecular formula is C16H26N2O3. The Morgan fingerprint density at radius 1 is 1.29 bits per heavy atom. The van der Waals surface area contributed by atoms with Crippen LogP contribution in [0.2, 0.25) is 0 Å². The van der Waals surface area contributed by atoms with E-state index in [4.69, 9.17) is 15.2 Å². The molecule has 5 nitrogen and oxygen atoms in total. The molecule has 1 amide bonds. The summed E-state index contributed by atoms with van der Waals surface area (Å²) in [6, 6.07) is 5.99. The first-order valence-electron chi connectivity index (χ1n) is 7.45. The van der Waals surface area contributed by atoms with Gasteiger partial charge in [-0.1, -0.05) is 13.0 Å². The lowest BCUT2D eigenvalue weighted by molar-refractivity contribution is -0.121. The number of hydrogen-bond donors (Lipinski definition) is 2. The summed E-state index contributed by atoms with van der Waals surface area (Å²) in [6.07, 6.45) is 2.08. The van der Waals surface area contributed by atoms with Crippen molar-refractivity contribution in [2.24, 2.45) is 5.73 Å². The quantitative estimate of drug-likeness (QED) is 0.729. The van der Waals surface area contributed by atoms with Crippen LogP contribution in [-0.4, -0.2) is 32.2 Å². The van der Waals surface area contributed by atoms with Gasteiger partial charge in [-0.15, -0.1) is 0 Å². The van der Waals surface area contributed by atoms with Crippen molar-refractivity contribution in [3.8, 4) is 11.5 Å². The van der Waals surface area contributed by atoms with Crippen LogP contribution < -0.4 is 20.5 Å². The topological polar surface area (TPSA) is 73.6 Å². The lowest BCUT2D eigenvalue weighted by Crippen LogP contribution is -2.21. The largest absolute Gasteiger partial charge is 0.490 e. The fourth-order valence-corrected chi connectivity index (χ4v) is 1.89. The second kappa shape index (κ2) is 9.23. The molecule has 5 heteroatoms. The number of amides is 1. The Morgan fingerprint density at radius 2 is 2.05 bits per heavy atom. The van der Waals surface area contributed by atoms with Gasteiger partial charge in [-0.3, -0.25) is 4.79 Å². The van der Waals surface area contributed by atoms with E-state index >= 15 is 0 Å². The smallest absolute Gasteiger partial charge is 0.223 e. The second-order valence-electron chi connectivity index (χ2n) is 4.86. The maximum absolute atomic E-state index is 11.2. The minimum atomic E-state index is -0.0431. The zero-order valence-corrected chi connectivity index (χ0v) is 13.1. The number of carbonyl (C=O) groups is 1. The summed E-state index contributed by atoms with van der Waals surface area (Å²) in [4.78, 5) is 11.2. The molecule has 1 aromatic carbocycles. The van der Waals surface area contributed by atoms with Crippen LogP contribution in [0.5, 0.6) is 11.5 Å². The molecule has 118 valence electrons. The number of hydrogen-bond acceptors (Lipinski definition) is 4. The van der Waals surface area contributed by atoms with E-state index in [2.05, 4.69) is 12.2 Å². The van der Waals surface area contributed by atoms with Gasteiger partial charge in [0.05, 0.1) is 19.6 Å². The molecule has 0 saturated heterocycles. The predicted octanol–water partition coefficient (Wildman–Crippen LogP) is 1.88. The third kappa shape index (κ3) is 6.04. The highest BCUT2D eigenvalue weighted by Gasteiger charge is 2.09. The predicted molar refractivity (Wildman–Crippen MR) is 83.8 cm³/mol. The van der Waals surface area contributed by atoms with Crippen molar-refractivity contribution in [2.45, 2.75) is 39.2 Å². The molecule has 0 heterocycles. The van der Waals surface area contributed by atoms with Crippen LogP contribution >= 0.6 is 0 Å². The Hall–Kier alpha value is -1.75. The number of nitrogens with one attached hydrogen (secondary N) is 1. The van der Waals surface area contributed by atoms with Crippen LogP contribution in [-0.2, 0) is 11.2 Å². The molecule has 21 heavy (non-hydrogen) atoms. The monoisotopic (exact) mass is 294 g/mol. The second-order valence-corrected chi connectivity index (χ2v) is 4.86. The number of rotatable bonds is 9. The summed E-state index contributed by atoms with van der Waals surface area (Å²) in [5, 5.41) is 2.56. The third-order valence-electron chi connectivity index (χ3n) is 3.20. The van der Waals surface area contributed by atoms with Gasteiger partial charge in [0.1, 0.15) is 0 Å². The van der Waals surface area contributed by atoms with Crippen LogP contribution in [0, 0.1) is 0 Å². The Labute approximate surface area is 126 Å². The van der Waals surface area contributed by atoms with Crippen molar-refractivity contribution in [2.75, 3.05) is 20.3 Å². The fourth-order valence-electron chi connectivity index (χ4n) is 1.89.